The summed E-state index contributed by atoms with van der Waals surface area (Å²) < 4.78 is 20.5. The van der Waals surface area contributed by atoms with E-state index in [1.165, 1.54) is 204 Å². The van der Waals surface area contributed by atoms with Gasteiger partial charge in [0.25, 0.3) is 0 Å². The lowest BCUT2D eigenvalue weighted by Crippen LogP contribution is -2.33. The van der Waals surface area contributed by atoms with Gasteiger partial charge in [-0.15, -0.1) is 0 Å². The van der Waals surface area contributed by atoms with Crippen molar-refractivity contribution in [3.63, 3.8) is 0 Å². The van der Waals surface area contributed by atoms with Crippen LogP contribution in [-0.4, -0.2) is 132 Å². The highest BCUT2D eigenvalue weighted by atomic mass is 28.3. The van der Waals surface area contributed by atoms with Crippen molar-refractivity contribution in [2.75, 3.05) is 59.1 Å². The summed E-state index contributed by atoms with van der Waals surface area (Å²) in [5.74, 6) is 2.74. The predicted molar refractivity (Wildman–Crippen MR) is 407 cm³/mol. The van der Waals surface area contributed by atoms with Crippen molar-refractivity contribution in [2.45, 2.75) is 321 Å². The van der Waals surface area contributed by atoms with Crippen LogP contribution in [-0.2, 0) is 0 Å². The molecule has 0 aliphatic heterocycles. The number of hydrogen-bond donors (Lipinski definition) is 6. The third-order valence-corrected chi connectivity index (χ3v) is 55.1. The molecule has 0 atom stereocenters. The Balaban J connectivity index is 3.45. The van der Waals surface area contributed by atoms with Gasteiger partial charge in [0.2, 0.25) is 0 Å². The zero-order chi connectivity index (χ0) is 63.3. The minimum absolute atomic E-state index is 0.752. The van der Waals surface area contributed by atoms with Gasteiger partial charge >= 0.3 is 0 Å². The van der Waals surface area contributed by atoms with Crippen molar-refractivity contribution in [3.05, 3.63) is 18.2 Å². The first kappa shape index (κ1) is 82.3. The number of ether oxygens (including phenoxy) is 3. The predicted octanol–water partition coefficient (Wildman–Crippen LogP) is 18.9. The number of benzene rings is 1. The summed E-state index contributed by atoms with van der Waals surface area (Å²) in [5, 5.41) is 0. The van der Waals surface area contributed by atoms with Crippen LogP contribution in [0.4, 0.5) is 0 Å². The number of nitrogens with two attached hydrogens (primary N) is 6. The molecule has 0 spiro atoms. The van der Waals surface area contributed by atoms with Crippen molar-refractivity contribution < 1.29 is 14.2 Å². The highest BCUT2D eigenvalue weighted by Crippen LogP contribution is 2.37. The van der Waals surface area contributed by atoms with E-state index in [0.29, 0.717) is 0 Å². The monoisotopic (exact) mass is 1330 g/mol. The zero-order valence-corrected chi connectivity index (χ0v) is 68.2. The van der Waals surface area contributed by atoms with Gasteiger partial charge in [-0.2, -0.15) is 0 Å². The fourth-order valence-electron chi connectivity index (χ4n) is 14.2. The van der Waals surface area contributed by atoms with E-state index >= 15 is 0 Å². The van der Waals surface area contributed by atoms with Crippen molar-refractivity contribution >= 4 is 72.7 Å². The molecule has 9 nitrogen and oxygen atoms in total. The van der Waals surface area contributed by atoms with Crippen molar-refractivity contribution in [3.8, 4) is 17.2 Å². The summed E-state index contributed by atoms with van der Waals surface area (Å²) >= 11 is 0. The summed E-state index contributed by atoms with van der Waals surface area (Å²) in [6.07, 6.45) is 18.9. The fraction of sp³-hybridized carbons (Fsp3) is 0.909. The Kier molecular flexibility index (Phi) is 42.4. The third-order valence-electron chi connectivity index (χ3n) is 20.6. The molecule has 0 aliphatic carbocycles. The fourth-order valence-corrected chi connectivity index (χ4v) is 43.0. The second-order valence-corrected chi connectivity index (χ2v) is 80.7. The van der Waals surface area contributed by atoms with Crippen LogP contribution in [0.25, 0.3) is 0 Å². The molecule has 0 saturated heterocycles. The van der Waals surface area contributed by atoms with Crippen LogP contribution in [0.15, 0.2) is 18.2 Å². The molecule has 498 valence electrons. The summed E-state index contributed by atoms with van der Waals surface area (Å²) in [6, 6.07) is 36.1. The average molecular weight is 1330 g/mol. The lowest BCUT2D eigenvalue weighted by molar-refractivity contribution is 0.286. The van der Waals surface area contributed by atoms with Gasteiger partial charge in [0.15, 0.2) is 0 Å². The maximum absolute atomic E-state index is 6.85. The minimum Gasteiger partial charge on any atom is -0.493 e. The first-order valence-corrected chi connectivity index (χ1v) is 65.4. The van der Waals surface area contributed by atoms with Gasteiger partial charge < -0.3 is 48.6 Å². The Morgan fingerprint density at radius 3 is 0.512 bits per heavy atom. The lowest BCUT2D eigenvalue weighted by Gasteiger charge is -2.31. The van der Waals surface area contributed by atoms with Crippen molar-refractivity contribution in [1.29, 1.82) is 0 Å². The largest absolute Gasteiger partial charge is 0.493 e. The van der Waals surface area contributed by atoms with E-state index in [4.69, 9.17) is 48.6 Å². The molecular formula is C66H150N6O3Si9. The lowest BCUT2D eigenvalue weighted by atomic mass is 10.3. The van der Waals surface area contributed by atoms with Gasteiger partial charge in [-0.3, -0.25) is 0 Å². The van der Waals surface area contributed by atoms with Crippen LogP contribution in [0.2, 0.25) is 225 Å². The van der Waals surface area contributed by atoms with E-state index < -0.39 is 72.7 Å². The normalized spacial score (nSPS) is 13.5. The Bertz CT molecular complexity index is 1520. The van der Waals surface area contributed by atoms with Crippen molar-refractivity contribution in [2.24, 2.45) is 34.4 Å². The maximum Gasteiger partial charge on any atom is 0.126 e. The molecule has 0 aliphatic rings. The molecule has 0 radical (unpaired) electrons. The zero-order valence-electron chi connectivity index (χ0n) is 59.2. The van der Waals surface area contributed by atoms with Crippen LogP contribution >= 0.6 is 0 Å². The Morgan fingerprint density at radius 2 is 0.357 bits per heavy atom. The van der Waals surface area contributed by atoms with E-state index in [0.717, 1.165) is 95.6 Å². The Morgan fingerprint density at radius 1 is 0.214 bits per heavy atom. The van der Waals surface area contributed by atoms with E-state index in [-0.39, 0.29) is 0 Å². The van der Waals surface area contributed by atoms with Gasteiger partial charge in [-0.1, -0.05) is 264 Å². The van der Waals surface area contributed by atoms with Crippen LogP contribution < -0.4 is 48.6 Å². The topological polar surface area (TPSA) is 184 Å². The van der Waals surface area contributed by atoms with Gasteiger partial charge in [-0.25, -0.2) is 0 Å². The SMILES string of the molecule is C[Si](C)(CCCN)CCC[Si](C)(CCCOc1cc(OCCC[Si](C)(CCC[Si](C)(C)CCCN)CCC[Si](C)(C)CCCN)cc(OCCC[Si](C)(CCC[Si](C)(C)CCCN)CCC[Si](C)(C)CCCN)c1)CCC[Si](C)(C)CCCN. The van der Waals surface area contributed by atoms with E-state index in [1.54, 1.807) is 0 Å². The molecule has 0 unspecified atom stereocenters. The second-order valence-electron chi connectivity index (χ2n) is 33.4. The molecule has 0 saturated carbocycles. The molecule has 0 fully saturated rings. The van der Waals surface area contributed by atoms with Crippen LogP contribution in [0, 0.1) is 0 Å². The molecule has 1 aromatic carbocycles. The Hall–Kier alpha value is 0.332. The molecular weight excluding hydrogens is 1180 g/mol. The Labute approximate surface area is 533 Å². The average Bonchev–Trinajstić information content (AvgIpc) is 3.45. The highest BCUT2D eigenvalue weighted by molar-refractivity contribution is 6.82. The molecule has 18 heteroatoms. The second kappa shape index (κ2) is 43.2. The van der Waals surface area contributed by atoms with E-state index in [9.17, 15) is 0 Å². The molecule has 1 aromatic rings. The van der Waals surface area contributed by atoms with Crippen molar-refractivity contribution in [1.82, 2.24) is 0 Å². The minimum atomic E-state index is -1.48. The van der Waals surface area contributed by atoms with E-state index in [2.05, 4.69) is 116 Å². The number of rotatable bonds is 57. The first-order valence-electron chi connectivity index (χ1n) is 35.6. The number of hydrogen-bond acceptors (Lipinski definition) is 9. The summed E-state index contributed by atoms with van der Waals surface area (Å²) in [7, 11) is -11.7. The molecule has 1 rings (SSSR count). The quantitative estimate of drug-likeness (QED) is 0.0273. The molecule has 0 aromatic heterocycles. The van der Waals surface area contributed by atoms with Crippen LogP contribution in [0.1, 0.15) is 96.3 Å². The first-order chi connectivity index (χ1) is 39.3. The van der Waals surface area contributed by atoms with Gasteiger partial charge in [0.1, 0.15) is 17.2 Å². The third kappa shape index (κ3) is 41.7. The molecule has 84 heavy (non-hydrogen) atoms. The molecule has 0 amide bonds. The summed E-state index contributed by atoms with van der Waals surface area (Å²) in [4.78, 5) is 0. The van der Waals surface area contributed by atoms with Gasteiger partial charge in [0.05, 0.1) is 44.0 Å². The summed E-state index contributed by atoms with van der Waals surface area (Å²) in [6.45, 7) is 46.7. The highest BCUT2D eigenvalue weighted by Gasteiger charge is 2.33. The summed E-state index contributed by atoms with van der Waals surface area (Å²) in [5.41, 5.74) is 35.9. The molecule has 12 N–H and O–H groups in total. The maximum atomic E-state index is 6.85. The van der Waals surface area contributed by atoms with Crippen LogP contribution in [0.5, 0.6) is 17.2 Å². The standard InChI is InChI=1S/C66H150N6O3Si9/c1-76(2,40-16-31-67)46-25-55-82(13,56-26-47-77(3,4)41-17-32-68)52-22-37-73-64-61-65(74-38-23-53-83(14,57-27-48-78(5,6)42-18-33-69)58-28-49-79(7,8)43-19-34-70)63-66(62-64)75-39-24-54-84(15,59-29-50-80(9,10)44-20-35-71)60-30-51-81(11,12)45-21-36-72/h61-63H,16-60,67-72H2,1-15H3. The smallest absolute Gasteiger partial charge is 0.126 e. The molecule has 0 bridgehead atoms. The van der Waals surface area contributed by atoms with E-state index in [1.807, 2.05) is 0 Å². The van der Waals surface area contributed by atoms with Gasteiger partial charge in [-0.05, 0) is 97.1 Å². The molecule has 0 heterocycles. The van der Waals surface area contributed by atoms with Crippen LogP contribution in [0.3, 0.4) is 0 Å². The van der Waals surface area contributed by atoms with Gasteiger partial charge in [0, 0.05) is 66.6 Å².